The van der Waals surface area contributed by atoms with Gasteiger partial charge in [0, 0.05) is 11.3 Å². The zero-order chi connectivity index (χ0) is 11.7. The monoisotopic (exact) mass is 222 g/mol. The number of amides is 2. The minimum absolute atomic E-state index is 0.424. The standard InChI is InChI=1S/C6H5F3N4O2/c7-6(8,9)5(4(15)12-13-10)2-1-3(14)11-5/h1-2H2,(H,11,14)/t5-/m1/s1. The highest BCUT2D eigenvalue weighted by molar-refractivity contribution is 5.95. The Morgan fingerprint density at radius 1 is 1.60 bits per heavy atom. The Morgan fingerprint density at radius 2 is 2.20 bits per heavy atom. The molecule has 0 aromatic heterocycles. The quantitative estimate of drug-likeness (QED) is 0.407. The fraction of sp³-hybridized carbons (Fsp3) is 0.667. The highest BCUT2D eigenvalue weighted by Gasteiger charge is 2.63. The summed E-state index contributed by atoms with van der Waals surface area (Å²) < 4.78 is 37.6. The number of nitrogens with zero attached hydrogens (tertiary/aromatic N) is 3. The maximum atomic E-state index is 12.5. The molecule has 0 spiro atoms. The number of halogens is 3. The second-order valence-electron chi connectivity index (χ2n) is 2.95. The van der Waals surface area contributed by atoms with Gasteiger partial charge in [-0.25, -0.2) is 0 Å². The first-order chi connectivity index (χ1) is 6.83. The Hall–Kier alpha value is -1.76. The summed E-state index contributed by atoms with van der Waals surface area (Å²) in [7, 11) is 0. The molecule has 1 heterocycles. The lowest BCUT2D eigenvalue weighted by molar-refractivity contribution is -0.195. The van der Waals surface area contributed by atoms with Crippen LogP contribution in [0.2, 0.25) is 0 Å². The minimum Gasteiger partial charge on any atom is -0.336 e. The molecule has 6 nitrogen and oxygen atoms in total. The van der Waals surface area contributed by atoms with Crippen molar-refractivity contribution < 1.29 is 22.8 Å². The lowest BCUT2D eigenvalue weighted by Gasteiger charge is -2.27. The first-order valence-corrected chi connectivity index (χ1v) is 3.81. The van der Waals surface area contributed by atoms with Crippen LogP contribution in [-0.4, -0.2) is 23.5 Å². The average molecular weight is 222 g/mol. The molecule has 82 valence electrons. The Kier molecular flexibility index (Phi) is 2.59. The van der Waals surface area contributed by atoms with Crippen molar-refractivity contribution in [2.24, 2.45) is 5.11 Å². The van der Waals surface area contributed by atoms with Gasteiger partial charge in [0.15, 0.2) is 0 Å². The Labute approximate surface area is 81.1 Å². The van der Waals surface area contributed by atoms with Gasteiger partial charge in [-0.15, -0.1) is 0 Å². The van der Waals surface area contributed by atoms with E-state index >= 15 is 0 Å². The number of hydrogen-bond donors (Lipinski definition) is 1. The molecule has 0 aromatic carbocycles. The van der Waals surface area contributed by atoms with Crippen LogP contribution in [0.4, 0.5) is 13.2 Å². The number of hydrogen-bond acceptors (Lipinski definition) is 2. The van der Waals surface area contributed by atoms with E-state index in [1.165, 1.54) is 5.32 Å². The van der Waals surface area contributed by atoms with E-state index in [0.29, 0.717) is 0 Å². The van der Waals surface area contributed by atoms with Crippen molar-refractivity contribution in [2.75, 3.05) is 0 Å². The van der Waals surface area contributed by atoms with E-state index in [9.17, 15) is 22.8 Å². The zero-order valence-corrected chi connectivity index (χ0v) is 7.21. The van der Waals surface area contributed by atoms with Crippen molar-refractivity contribution in [3.05, 3.63) is 10.4 Å². The fourth-order valence-electron chi connectivity index (χ4n) is 1.28. The molecule has 1 N–H and O–H groups in total. The van der Waals surface area contributed by atoms with E-state index in [1.807, 2.05) is 4.91 Å². The molecule has 0 aromatic rings. The molecule has 1 fully saturated rings. The first-order valence-electron chi connectivity index (χ1n) is 3.81. The predicted molar refractivity (Wildman–Crippen MR) is 40.3 cm³/mol. The third-order valence-electron chi connectivity index (χ3n) is 2.06. The van der Waals surface area contributed by atoms with Crippen molar-refractivity contribution in [3.8, 4) is 0 Å². The van der Waals surface area contributed by atoms with Crippen LogP contribution < -0.4 is 5.32 Å². The van der Waals surface area contributed by atoms with Gasteiger partial charge < -0.3 is 5.32 Å². The Bertz CT molecular complexity index is 360. The second-order valence-corrected chi connectivity index (χ2v) is 2.95. The molecule has 1 atom stereocenters. The molecule has 1 aliphatic heterocycles. The van der Waals surface area contributed by atoms with Crippen LogP contribution in [0.25, 0.3) is 10.4 Å². The summed E-state index contributed by atoms with van der Waals surface area (Å²) in [6.07, 6.45) is -6.14. The maximum absolute atomic E-state index is 12.5. The summed E-state index contributed by atoms with van der Waals surface area (Å²) >= 11 is 0. The lowest BCUT2D eigenvalue weighted by atomic mass is 9.96. The van der Waals surface area contributed by atoms with Crippen molar-refractivity contribution in [3.63, 3.8) is 0 Å². The SMILES string of the molecule is [N-]=[N+]=NC(=O)[C@@]1(C(F)(F)F)CCC(=O)N1. The molecular formula is C6H5F3N4O2. The molecule has 15 heavy (non-hydrogen) atoms. The van der Waals surface area contributed by atoms with Gasteiger partial charge in [-0.2, -0.15) is 13.2 Å². The molecule has 0 bridgehead atoms. The fourth-order valence-corrected chi connectivity index (χ4v) is 1.28. The van der Waals surface area contributed by atoms with Crippen molar-refractivity contribution in [1.29, 1.82) is 0 Å². The van der Waals surface area contributed by atoms with Crippen LogP contribution in [0, 0.1) is 0 Å². The van der Waals surface area contributed by atoms with Crippen molar-refractivity contribution >= 4 is 11.8 Å². The lowest BCUT2D eigenvalue weighted by Crippen LogP contribution is -2.59. The second kappa shape index (κ2) is 3.43. The van der Waals surface area contributed by atoms with Gasteiger partial charge in [-0.1, -0.05) is 0 Å². The number of carbonyl (C=O) groups excluding carboxylic acids is 2. The normalized spacial score (nSPS) is 25.7. The summed E-state index contributed by atoms with van der Waals surface area (Å²) in [5.41, 5.74) is 4.86. The van der Waals surface area contributed by atoms with Crippen LogP contribution >= 0.6 is 0 Å². The number of azide groups is 1. The summed E-state index contributed by atoms with van der Waals surface area (Å²) in [6, 6.07) is 0. The van der Waals surface area contributed by atoms with Gasteiger partial charge in [0.1, 0.15) is 0 Å². The van der Waals surface area contributed by atoms with Gasteiger partial charge in [-0.3, -0.25) is 9.59 Å². The molecule has 0 unspecified atom stereocenters. The molecule has 1 saturated heterocycles. The van der Waals surface area contributed by atoms with Crippen LogP contribution in [-0.2, 0) is 9.59 Å². The molecule has 0 saturated carbocycles. The number of nitrogens with one attached hydrogen (secondary N) is 1. The number of alkyl halides is 3. The van der Waals surface area contributed by atoms with E-state index in [2.05, 4.69) is 5.11 Å². The molecule has 0 aliphatic carbocycles. The van der Waals surface area contributed by atoms with E-state index in [1.54, 1.807) is 0 Å². The van der Waals surface area contributed by atoms with Crippen LogP contribution in [0.15, 0.2) is 5.11 Å². The third-order valence-corrected chi connectivity index (χ3v) is 2.06. The van der Waals surface area contributed by atoms with Crippen LogP contribution in [0.5, 0.6) is 0 Å². The predicted octanol–water partition coefficient (Wildman–Crippen LogP) is 1.03. The van der Waals surface area contributed by atoms with Gasteiger partial charge >= 0.3 is 6.18 Å². The topological polar surface area (TPSA) is 94.9 Å². The Morgan fingerprint density at radius 3 is 2.53 bits per heavy atom. The molecule has 9 heteroatoms. The average Bonchev–Trinajstić information content (AvgIpc) is 2.48. The molecule has 1 aliphatic rings. The third kappa shape index (κ3) is 1.73. The van der Waals surface area contributed by atoms with E-state index in [-0.39, 0.29) is 0 Å². The van der Waals surface area contributed by atoms with Gasteiger partial charge in [0.2, 0.25) is 11.4 Å². The smallest absolute Gasteiger partial charge is 0.336 e. The number of carbonyl (C=O) groups is 2. The largest absolute Gasteiger partial charge is 0.418 e. The highest BCUT2D eigenvalue weighted by Crippen LogP contribution is 2.38. The van der Waals surface area contributed by atoms with Crippen LogP contribution in [0.3, 0.4) is 0 Å². The summed E-state index contributed by atoms with van der Waals surface area (Å²) in [5.74, 6) is -2.63. The van der Waals surface area contributed by atoms with E-state index < -0.39 is 36.4 Å². The first kappa shape index (κ1) is 11.3. The van der Waals surface area contributed by atoms with Gasteiger partial charge in [0.25, 0.3) is 5.91 Å². The number of rotatable bonds is 1. The van der Waals surface area contributed by atoms with E-state index in [0.717, 1.165) is 0 Å². The minimum atomic E-state index is -4.97. The molecule has 2 amide bonds. The van der Waals surface area contributed by atoms with Gasteiger partial charge in [0.05, 0.1) is 0 Å². The van der Waals surface area contributed by atoms with Crippen molar-refractivity contribution in [2.45, 2.75) is 24.6 Å². The summed E-state index contributed by atoms with van der Waals surface area (Å²) in [6.45, 7) is 0. The molecule has 1 rings (SSSR count). The van der Waals surface area contributed by atoms with Crippen molar-refractivity contribution in [1.82, 2.24) is 5.32 Å². The summed E-state index contributed by atoms with van der Waals surface area (Å²) in [4.78, 5) is 23.7. The highest BCUT2D eigenvalue weighted by atomic mass is 19.4. The molecule has 0 radical (unpaired) electrons. The summed E-state index contributed by atoms with van der Waals surface area (Å²) in [5, 5.41) is 3.90. The van der Waals surface area contributed by atoms with Crippen LogP contribution in [0.1, 0.15) is 12.8 Å². The molecular weight excluding hydrogens is 217 g/mol. The maximum Gasteiger partial charge on any atom is 0.418 e. The van der Waals surface area contributed by atoms with Gasteiger partial charge in [-0.05, 0) is 17.1 Å². The zero-order valence-electron chi connectivity index (χ0n) is 7.21. The van der Waals surface area contributed by atoms with E-state index in [4.69, 9.17) is 5.53 Å². The Balaban J connectivity index is 3.14.